The predicted molar refractivity (Wildman–Crippen MR) is 53.3 cm³/mol. The second kappa shape index (κ2) is 4.27. The van der Waals surface area contributed by atoms with Crippen molar-refractivity contribution >= 4 is 17.7 Å². The van der Waals surface area contributed by atoms with Gasteiger partial charge in [0.1, 0.15) is 0 Å². The van der Waals surface area contributed by atoms with Crippen LogP contribution < -0.4 is 0 Å². The fourth-order valence-corrected chi connectivity index (χ4v) is 1.01. The number of alkyl halides is 1. The topological polar surface area (TPSA) is 12.9 Å². The maximum absolute atomic E-state index is 5.67. The third-order valence-electron chi connectivity index (χ3n) is 1.69. The first kappa shape index (κ1) is 9.27. The Balaban J connectivity index is 2.96. The van der Waals surface area contributed by atoms with Crippen LogP contribution in [0.4, 0.5) is 0 Å². The molecule has 0 N–H and O–H groups in total. The Morgan fingerprint density at radius 1 is 1.67 bits per heavy atom. The smallest absolute Gasteiger partial charge is 0.0434 e. The largest absolute Gasteiger partial charge is 0.264 e. The van der Waals surface area contributed by atoms with E-state index in [0.717, 1.165) is 11.1 Å². The van der Waals surface area contributed by atoms with Gasteiger partial charge < -0.3 is 0 Å². The summed E-state index contributed by atoms with van der Waals surface area (Å²) in [6, 6.07) is 1.99. The third-order valence-corrected chi connectivity index (χ3v) is 2.11. The first-order chi connectivity index (χ1) is 5.74. The van der Waals surface area contributed by atoms with Crippen LogP contribution in [0.2, 0.25) is 0 Å². The molecule has 1 heterocycles. The monoisotopic (exact) mass is 181 g/mol. The fraction of sp³-hybridized carbons (Fsp3) is 0.300. The van der Waals surface area contributed by atoms with Crippen molar-refractivity contribution in [2.45, 2.75) is 13.8 Å². The number of hydrogen-bond donors (Lipinski definition) is 0. The summed E-state index contributed by atoms with van der Waals surface area (Å²) in [7, 11) is 0. The van der Waals surface area contributed by atoms with Crippen molar-refractivity contribution in [2.75, 3.05) is 5.88 Å². The first-order valence-electron chi connectivity index (χ1n) is 3.88. The van der Waals surface area contributed by atoms with E-state index in [1.807, 2.05) is 19.2 Å². The highest BCUT2D eigenvalue weighted by molar-refractivity contribution is 6.19. The van der Waals surface area contributed by atoms with Gasteiger partial charge in [-0.05, 0) is 31.0 Å². The Hall–Kier alpha value is -0.820. The average Bonchev–Trinajstić information content (AvgIpc) is 2.09. The van der Waals surface area contributed by atoms with E-state index in [-0.39, 0.29) is 0 Å². The van der Waals surface area contributed by atoms with Crippen LogP contribution in [0.1, 0.15) is 18.1 Å². The minimum Gasteiger partial charge on any atom is -0.264 e. The molecule has 12 heavy (non-hydrogen) atoms. The molecular weight excluding hydrogens is 170 g/mol. The van der Waals surface area contributed by atoms with Gasteiger partial charge in [0.05, 0.1) is 0 Å². The minimum atomic E-state index is 0.578. The van der Waals surface area contributed by atoms with Gasteiger partial charge in [0.25, 0.3) is 0 Å². The summed E-state index contributed by atoms with van der Waals surface area (Å²) in [4.78, 5) is 4.05. The van der Waals surface area contributed by atoms with Crippen molar-refractivity contribution in [1.29, 1.82) is 0 Å². The molecule has 1 aromatic heterocycles. The lowest BCUT2D eigenvalue weighted by atomic mass is 10.1. The molecule has 0 amide bonds. The van der Waals surface area contributed by atoms with Gasteiger partial charge in [0.15, 0.2) is 0 Å². The summed E-state index contributed by atoms with van der Waals surface area (Å²) in [5, 5.41) is 0. The Kier molecular flexibility index (Phi) is 3.30. The summed E-state index contributed by atoms with van der Waals surface area (Å²) in [5.41, 5.74) is 3.54. The van der Waals surface area contributed by atoms with Gasteiger partial charge in [0, 0.05) is 18.3 Å². The summed E-state index contributed by atoms with van der Waals surface area (Å²) in [6.07, 6.45) is 5.71. The molecule has 0 aliphatic heterocycles. The van der Waals surface area contributed by atoms with Crippen molar-refractivity contribution in [1.82, 2.24) is 4.98 Å². The fourth-order valence-electron chi connectivity index (χ4n) is 0.931. The van der Waals surface area contributed by atoms with Crippen molar-refractivity contribution in [3.05, 3.63) is 35.2 Å². The van der Waals surface area contributed by atoms with Crippen LogP contribution in [0.3, 0.4) is 0 Å². The molecule has 0 aliphatic rings. The van der Waals surface area contributed by atoms with Gasteiger partial charge in [-0.25, -0.2) is 0 Å². The second-order valence-electron chi connectivity index (χ2n) is 2.86. The van der Waals surface area contributed by atoms with Gasteiger partial charge >= 0.3 is 0 Å². The molecular formula is C10H12ClN. The highest BCUT2D eigenvalue weighted by atomic mass is 35.5. The lowest BCUT2D eigenvalue weighted by Crippen LogP contribution is -1.84. The molecule has 2 heteroatoms. The van der Waals surface area contributed by atoms with Crippen molar-refractivity contribution in [2.24, 2.45) is 0 Å². The summed E-state index contributed by atoms with van der Waals surface area (Å²) < 4.78 is 0. The highest BCUT2D eigenvalue weighted by Crippen LogP contribution is 2.10. The normalized spacial score (nSPS) is 11.8. The highest BCUT2D eigenvalue weighted by Gasteiger charge is 1.93. The standard InChI is InChI=1S/C10H12ClN/c1-8(6-11)5-10-7-12-4-3-9(10)2/h3-5,7H,6H2,1-2H3/b8-5-. The maximum atomic E-state index is 5.67. The summed E-state index contributed by atoms with van der Waals surface area (Å²) >= 11 is 5.67. The van der Waals surface area contributed by atoms with Gasteiger partial charge in [0.2, 0.25) is 0 Å². The van der Waals surface area contributed by atoms with E-state index in [9.17, 15) is 0 Å². The number of halogens is 1. The van der Waals surface area contributed by atoms with Crippen LogP contribution in [0, 0.1) is 6.92 Å². The van der Waals surface area contributed by atoms with Crippen LogP contribution in [-0.2, 0) is 0 Å². The summed E-state index contributed by atoms with van der Waals surface area (Å²) in [5.74, 6) is 0.578. The molecule has 0 unspecified atom stereocenters. The molecule has 0 saturated carbocycles. The molecule has 0 saturated heterocycles. The van der Waals surface area contributed by atoms with E-state index in [1.54, 1.807) is 6.20 Å². The van der Waals surface area contributed by atoms with Gasteiger partial charge in [-0.2, -0.15) is 0 Å². The molecule has 0 fully saturated rings. The SMILES string of the molecule is C/C(=C/c1cnccc1C)CCl. The molecule has 0 radical (unpaired) electrons. The summed E-state index contributed by atoms with van der Waals surface area (Å²) in [6.45, 7) is 4.08. The van der Waals surface area contributed by atoms with E-state index in [4.69, 9.17) is 11.6 Å². The van der Waals surface area contributed by atoms with Crippen LogP contribution in [0.5, 0.6) is 0 Å². The van der Waals surface area contributed by atoms with Gasteiger partial charge in [-0.3, -0.25) is 4.98 Å². The van der Waals surface area contributed by atoms with E-state index >= 15 is 0 Å². The van der Waals surface area contributed by atoms with E-state index in [2.05, 4.69) is 18.0 Å². The van der Waals surface area contributed by atoms with Crippen LogP contribution in [0.25, 0.3) is 6.08 Å². The number of aromatic nitrogens is 1. The van der Waals surface area contributed by atoms with Gasteiger partial charge in [-0.1, -0.05) is 11.6 Å². The zero-order valence-electron chi connectivity index (χ0n) is 7.34. The first-order valence-corrected chi connectivity index (χ1v) is 4.41. The quantitative estimate of drug-likeness (QED) is 0.640. The van der Waals surface area contributed by atoms with Crippen molar-refractivity contribution in [3.63, 3.8) is 0 Å². The lowest BCUT2D eigenvalue weighted by Gasteiger charge is -1.99. The third kappa shape index (κ3) is 2.35. The molecule has 1 rings (SSSR count). The second-order valence-corrected chi connectivity index (χ2v) is 3.12. The lowest BCUT2D eigenvalue weighted by molar-refractivity contribution is 1.26. The number of allylic oxidation sites excluding steroid dienone is 1. The maximum Gasteiger partial charge on any atom is 0.0434 e. The molecule has 0 bridgehead atoms. The van der Waals surface area contributed by atoms with Crippen LogP contribution >= 0.6 is 11.6 Å². The number of hydrogen-bond acceptors (Lipinski definition) is 1. The van der Waals surface area contributed by atoms with Gasteiger partial charge in [-0.15, -0.1) is 11.6 Å². The van der Waals surface area contributed by atoms with Crippen molar-refractivity contribution in [3.8, 4) is 0 Å². The molecule has 0 spiro atoms. The van der Waals surface area contributed by atoms with E-state index in [1.165, 1.54) is 5.56 Å². The van der Waals surface area contributed by atoms with Crippen molar-refractivity contribution < 1.29 is 0 Å². The molecule has 1 aromatic rings. The Labute approximate surface area is 78.1 Å². The number of rotatable bonds is 2. The Morgan fingerprint density at radius 2 is 2.42 bits per heavy atom. The average molecular weight is 182 g/mol. The number of pyridine rings is 1. The molecule has 64 valence electrons. The molecule has 1 nitrogen and oxygen atoms in total. The van der Waals surface area contributed by atoms with Crippen LogP contribution in [-0.4, -0.2) is 10.9 Å². The number of nitrogens with zero attached hydrogens (tertiary/aromatic N) is 1. The van der Waals surface area contributed by atoms with Crippen LogP contribution in [0.15, 0.2) is 24.0 Å². The Bertz CT molecular complexity index is 292. The van der Waals surface area contributed by atoms with E-state index < -0.39 is 0 Å². The zero-order valence-corrected chi connectivity index (χ0v) is 8.10. The minimum absolute atomic E-state index is 0.578. The molecule has 0 aliphatic carbocycles. The Morgan fingerprint density at radius 3 is 3.00 bits per heavy atom. The predicted octanol–water partition coefficient (Wildman–Crippen LogP) is 3.03. The molecule has 0 aromatic carbocycles. The van der Waals surface area contributed by atoms with E-state index in [0.29, 0.717) is 5.88 Å². The molecule has 0 atom stereocenters. The number of aryl methyl sites for hydroxylation is 1. The zero-order chi connectivity index (χ0) is 8.97.